The summed E-state index contributed by atoms with van der Waals surface area (Å²) < 4.78 is 10.8. The van der Waals surface area contributed by atoms with Crippen molar-refractivity contribution in [1.82, 2.24) is 0 Å². The van der Waals surface area contributed by atoms with Crippen molar-refractivity contribution in [1.29, 1.82) is 0 Å². The SMILES string of the molecule is C=C1CC[C@@H]2[C@](C)(CCC[C@]2(C)C(=O)OC)[C@@H]1CCc1ccoc1C=CC(C)=O. The Morgan fingerprint density at radius 3 is 2.79 bits per heavy atom. The van der Waals surface area contributed by atoms with Gasteiger partial charge in [-0.15, -0.1) is 0 Å². The van der Waals surface area contributed by atoms with Gasteiger partial charge in [-0.25, -0.2) is 0 Å². The lowest BCUT2D eigenvalue weighted by Crippen LogP contribution is -2.53. The van der Waals surface area contributed by atoms with E-state index in [0.717, 1.165) is 56.3 Å². The number of rotatable bonds is 6. The maximum absolute atomic E-state index is 12.7. The molecule has 0 amide bonds. The number of ketones is 1. The number of hydrogen-bond donors (Lipinski definition) is 0. The molecule has 3 rings (SSSR count). The molecule has 4 atom stereocenters. The van der Waals surface area contributed by atoms with Crippen molar-refractivity contribution < 1.29 is 18.7 Å². The van der Waals surface area contributed by atoms with E-state index in [0.29, 0.717) is 11.8 Å². The van der Waals surface area contributed by atoms with Crippen LogP contribution in [0.15, 0.2) is 35.0 Å². The van der Waals surface area contributed by atoms with Crippen LogP contribution in [0, 0.1) is 22.7 Å². The van der Waals surface area contributed by atoms with Crippen molar-refractivity contribution in [2.24, 2.45) is 22.7 Å². The molecule has 0 aromatic carbocycles. The van der Waals surface area contributed by atoms with Crippen LogP contribution in [0.2, 0.25) is 0 Å². The van der Waals surface area contributed by atoms with Crippen molar-refractivity contribution in [2.45, 2.75) is 65.7 Å². The molecule has 2 aliphatic rings. The van der Waals surface area contributed by atoms with Gasteiger partial charge in [0.25, 0.3) is 0 Å². The summed E-state index contributed by atoms with van der Waals surface area (Å²) in [5, 5.41) is 0. The molecule has 0 spiro atoms. The monoisotopic (exact) mass is 398 g/mol. The minimum absolute atomic E-state index is 0.00710. The second-order valence-electron chi connectivity index (χ2n) is 9.36. The maximum atomic E-state index is 12.7. The van der Waals surface area contributed by atoms with E-state index in [9.17, 15) is 9.59 Å². The minimum atomic E-state index is -0.411. The Bertz CT molecular complexity index is 817. The molecule has 4 nitrogen and oxygen atoms in total. The fourth-order valence-electron chi connectivity index (χ4n) is 6.15. The summed E-state index contributed by atoms with van der Waals surface area (Å²) in [6.45, 7) is 10.4. The molecule has 0 N–H and O–H groups in total. The fraction of sp³-hybridized carbons (Fsp3) is 0.600. The predicted molar refractivity (Wildman–Crippen MR) is 114 cm³/mol. The van der Waals surface area contributed by atoms with Crippen molar-refractivity contribution in [3.8, 4) is 0 Å². The van der Waals surface area contributed by atoms with E-state index in [4.69, 9.17) is 9.15 Å². The number of carbonyl (C=O) groups excluding carboxylic acids is 2. The third kappa shape index (κ3) is 3.99. The summed E-state index contributed by atoms with van der Waals surface area (Å²) in [5.41, 5.74) is 2.07. The number of fused-ring (bicyclic) bond motifs is 1. The molecule has 0 radical (unpaired) electrons. The fourth-order valence-corrected chi connectivity index (χ4v) is 6.15. The maximum Gasteiger partial charge on any atom is 0.311 e. The zero-order chi connectivity index (χ0) is 21.2. The van der Waals surface area contributed by atoms with Gasteiger partial charge in [-0.05, 0) is 93.4 Å². The number of aryl methyl sites for hydroxylation is 1. The number of hydrogen-bond acceptors (Lipinski definition) is 4. The molecule has 2 saturated carbocycles. The number of carbonyl (C=O) groups is 2. The molecule has 0 aliphatic heterocycles. The third-order valence-electron chi connectivity index (χ3n) is 7.62. The average molecular weight is 399 g/mol. The Morgan fingerprint density at radius 1 is 1.34 bits per heavy atom. The smallest absolute Gasteiger partial charge is 0.311 e. The van der Waals surface area contributed by atoms with Crippen LogP contribution in [0.3, 0.4) is 0 Å². The number of methoxy groups -OCH3 is 1. The summed E-state index contributed by atoms with van der Waals surface area (Å²) in [7, 11) is 1.51. The Labute approximate surface area is 174 Å². The summed E-state index contributed by atoms with van der Waals surface area (Å²) in [4.78, 5) is 24.0. The molecule has 2 aliphatic carbocycles. The van der Waals surface area contributed by atoms with E-state index in [1.165, 1.54) is 19.6 Å². The second kappa shape index (κ2) is 8.33. The number of allylic oxidation sites excluding steroid dienone is 2. The quantitative estimate of drug-likeness (QED) is 0.347. The van der Waals surface area contributed by atoms with Gasteiger partial charge in [0.1, 0.15) is 5.76 Å². The lowest BCUT2D eigenvalue weighted by molar-refractivity contribution is -0.168. The van der Waals surface area contributed by atoms with Crippen LogP contribution in [0.5, 0.6) is 0 Å². The van der Waals surface area contributed by atoms with Crippen LogP contribution >= 0.6 is 0 Å². The summed E-state index contributed by atoms with van der Waals surface area (Å²) in [5.74, 6) is 1.38. The molecule has 1 aromatic heterocycles. The standard InChI is InChI=1S/C25H34O4/c1-17-7-12-22-24(3,14-6-15-25(22,4)23(27)28-5)20(17)10-9-19-13-16-29-21(19)11-8-18(2)26/h8,11,13,16,20,22H,1,6-7,9-10,12,14-15H2,2-5H3/t20-,22-,24-,25+/m1/s1. The van der Waals surface area contributed by atoms with Crippen LogP contribution in [-0.2, 0) is 20.7 Å². The Morgan fingerprint density at radius 2 is 2.10 bits per heavy atom. The molecule has 29 heavy (non-hydrogen) atoms. The topological polar surface area (TPSA) is 56.5 Å². The highest BCUT2D eigenvalue weighted by atomic mass is 16.5. The van der Waals surface area contributed by atoms with E-state index in [1.807, 2.05) is 6.07 Å². The zero-order valence-corrected chi connectivity index (χ0v) is 18.3. The van der Waals surface area contributed by atoms with Crippen molar-refractivity contribution in [3.63, 3.8) is 0 Å². The summed E-state index contributed by atoms with van der Waals surface area (Å²) in [6, 6.07) is 1.99. The summed E-state index contributed by atoms with van der Waals surface area (Å²) >= 11 is 0. The van der Waals surface area contributed by atoms with Gasteiger partial charge in [-0.1, -0.05) is 25.5 Å². The zero-order valence-electron chi connectivity index (χ0n) is 18.3. The molecule has 0 bridgehead atoms. The van der Waals surface area contributed by atoms with Gasteiger partial charge in [-0.3, -0.25) is 9.59 Å². The first kappa shape index (κ1) is 21.6. The highest BCUT2D eigenvalue weighted by Crippen LogP contribution is 2.62. The Hall–Kier alpha value is -2.10. The molecular formula is C25H34O4. The van der Waals surface area contributed by atoms with Crippen LogP contribution in [0.25, 0.3) is 6.08 Å². The summed E-state index contributed by atoms with van der Waals surface area (Å²) in [6.07, 6.45) is 11.9. The average Bonchev–Trinajstić information content (AvgIpc) is 3.12. The first-order valence-electron chi connectivity index (χ1n) is 10.7. The molecule has 1 aromatic rings. The lowest BCUT2D eigenvalue weighted by atomic mass is 9.46. The second-order valence-corrected chi connectivity index (χ2v) is 9.36. The Kier molecular flexibility index (Phi) is 6.21. The van der Waals surface area contributed by atoms with Gasteiger partial charge in [0.2, 0.25) is 0 Å². The van der Waals surface area contributed by atoms with Crippen molar-refractivity contribution in [3.05, 3.63) is 41.9 Å². The van der Waals surface area contributed by atoms with Crippen molar-refractivity contribution in [2.75, 3.05) is 7.11 Å². The lowest BCUT2D eigenvalue weighted by Gasteiger charge is -2.57. The normalized spacial score (nSPS) is 32.2. The highest BCUT2D eigenvalue weighted by molar-refractivity contribution is 5.91. The Balaban J connectivity index is 1.82. The molecular weight excluding hydrogens is 364 g/mol. The van der Waals surface area contributed by atoms with E-state index >= 15 is 0 Å². The van der Waals surface area contributed by atoms with E-state index in [2.05, 4.69) is 20.4 Å². The first-order chi connectivity index (χ1) is 13.7. The van der Waals surface area contributed by atoms with E-state index < -0.39 is 5.41 Å². The highest BCUT2D eigenvalue weighted by Gasteiger charge is 2.57. The van der Waals surface area contributed by atoms with Crippen molar-refractivity contribution >= 4 is 17.8 Å². The van der Waals surface area contributed by atoms with E-state index in [-0.39, 0.29) is 17.2 Å². The van der Waals surface area contributed by atoms with Crippen LogP contribution in [0.1, 0.15) is 70.6 Å². The molecule has 4 heteroatoms. The van der Waals surface area contributed by atoms with Gasteiger partial charge < -0.3 is 9.15 Å². The van der Waals surface area contributed by atoms with Gasteiger partial charge in [0.05, 0.1) is 18.8 Å². The molecule has 0 unspecified atom stereocenters. The third-order valence-corrected chi connectivity index (χ3v) is 7.62. The van der Waals surface area contributed by atoms with Crippen LogP contribution in [-0.4, -0.2) is 18.9 Å². The largest absolute Gasteiger partial charge is 0.469 e. The predicted octanol–water partition coefficient (Wildman–Crippen LogP) is 5.77. The molecule has 158 valence electrons. The number of ether oxygens (including phenoxy) is 1. The minimum Gasteiger partial charge on any atom is -0.469 e. The van der Waals surface area contributed by atoms with Gasteiger partial charge in [-0.2, -0.15) is 0 Å². The first-order valence-corrected chi connectivity index (χ1v) is 10.7. The number of furan rings is 1. The molecule has 2 fully saturated rings. The van der Waals surface area contributed by atoms with Gasteiger partial charge in [0.15, 0.2) is 5.78 Å². The van der Waals surface area contributed by atoms with E-state index in [1.54, 1.807) is 18.4 Å². The van der Waals surface area contributed by atoms with Gasteiger partial charge >= 0.3 is 5.97 Å². The van der Waals surface area contributed by atoms with Crippen LogP contribution in [0.4, 0.5) is 0 Å². The number of esters is 1. The molecule has 0 saturated heterocycles. The van der Waals surface area contributed by atoms with Gasteiger partial charge in [0, 0.05) is 0 Å². The van der Waals surface area contributed by atoms with Crippen LogP contribution < -0.4 is 0 Å². The molecule has 1 heterocycles.